The van der Waals surface area contributed by atoms with E-state index in [9.17, 15) is 19.2 Å². The number of thioether (sulfide) groups is 1. The number of carbonyl (C=O) groups is 4. The van der Waals surface area contributed by atoms with Crippen molar-refractivity contribution in [3.63, 3.8) is 0 Å². The van der Waals surface area contributed by atoms with Crippen LogP contribution >= 0.6 is 23.1 Å². The average molecular weight is 669 g/mol. The number of benzene rings is 2. The smallest absolute Gasteiger partial charge is 0.341 e. The highest BCUT2D eigenvalue weighted by Gasteiger charge is 2.28. The summed E-state index contributed by atoms with van der Waals surface area (Å²) in [7, 11) is 1.36. The number of ether oxygens (including phenoxy) is 1. The molecular formula is C36H36N4O5S2. The number of anilines is 2. The van der Waals surface area contributed by atoms with Crippen molar-refractivity contribution >= 4 is 63.6 Å². The molecular weight excluding hydrogens is 633 g/mol. The molecule has 0 aliphatic heterocycles. The molecule has 0 saturated carbocycles. The molecule has 3 N–H and O–H groups in total. The Morgan fingerprint density at radius 1 is 0.979 bits per heavy atom. The largest absolute Gasteiger partial charge is 0.465 e. The first kappa shape index (κ1) is 33.6. The van der Waals surface area contributed by atoms with Crippen molar-refractivity contribution in [2.75, 3.05) is 17.7 Å². The van der Waals surface area contributed by atoms with E-state index in [2.05, 4.69) is 20.9 Å². The highest BCUT2D eigenvalue weighted by molar-refractivity contribution is 8.00. The van der Waals surface area contributed by atoms with Gasteiger partial charge in [0.1, 0.15) is 10.7 Å². The zero-order chi connectivity index (χ0) is 33.2. The molecule has 1 atom stereocenters. The summed E-state index contributed by atoms with van der Waals surface area (Å²) in [4.78, 5) is 58.7. The number of rotatable bonds is 11. The Bertz CT molecular complexity index is 1770. The normalized spacial score (nSPS) is 13.4. The zero-order valence-electron chi connectivity index (χ0n) is 26.2. The van der Waals surface area contributed by atoms with Crippen LogP contribution in [0.5, 0.6) is 0 Å². The Balaban J connectivity index is 1.30. The van der Waals surface area contributed by atoms with Gasteiger partial charge in [-0.3, -0.25) is 19.4 Å². The summed E-state index contributed by atoms with van der Waals surface area (Å²) in [6, 6.07) is 19.4. The maximum Gasteiger partial charge on any atom is 0.341 e. The van der Waals surface area contributed by atoms with Crippen molar-refractivity contribution in [1.82, 2.24) is 10.3 Å². The number of methoxy groups -OCH3 is 1. The Labute approximate surface area is 282 Å². The van der Waals surface area contributed by atoms with Crippen LogP contribution in [-0.4, -0.2) is 41.0 Å². The summed E-state index contributed by atoms with van der Waals surface area (Å²) in [5, 5.41) is 8.71. The first-order valence-corrected chi connectivity index (χ1v) is 17.2. The molecule has 242 valence electrons. The summed E-state index contributed by atoms with van der Waals surface area (Å²) >= 11 is 2.83. The van der Waals surface area contributed by atoms with Gasteiger partial charge in [0.25, 0.3) is 11.8 Å². The van der Waals surface area contributed by atoms with Gasteiger partial charge >= 0.3 is 5.97 Å². The van der Waals surface area contributed by atoms with E-state index < -0.39 is 23.0 Å². The van der Waals surface area contributed by atoms with Crippen molar-refractivity contribution in [2.24, 2.45) is 0 Å². The molecule has 11 heteroatoms. The van der Waals surface area contributed by atoms with Crippen LogP contribution in [-0.2, 0) is 27.2 Å². The third-order valence-electron chi connectivity index (χ3n) is 7.61. The van der Waals surface area contributed by atoms with Crippen molar-refractivity contribution in [1.29, 1.82) is 0 Å². The fraction of sp³-hybridized carbons (Fsp3) is 0.250. The molecule has 47 heavy (non-hydrogen) atoms. The minimum Gasteiger partial charge on any atom is -0.465 e. The van der Waals surface area contributed by atoms with Crippen LogP contribution in [0.25, 0.3) is 6.08 Å². The fourth-order valence-electron chi connectivity index (χ4n) is 5.24. The minimum atomic E-state index is -0.516. The average Bonchev–Trinajstić information content (AvgIpc) is 3.26. The van der Waals surface area contributed by atoms with Crippen molar-refractivity contribution in [3.05, 3.63) is 112 Å². The van der Waals surface area contributed by atoms with Gasteiger partial charge in [-0.05, 0) is 85.7 Å². The third kappa shape index (κ3) is 8.75. The highest BCUT2D eigenvalue weighted by atomic mass is 32.2. The monoisotopic (exact) mass is 668 g/mol. The molecule has 2 aromatic heterocycles. The lowest BCUT2D eigenvalue weighted by atomic mass is 10.1. The minimum absolute atomic E-state index is 0.0477. The second kappa shape index (κ2) is 16.2. The Hall–Kier alpha value is -4.74. The lowest BCUT2D eigenvalue weighted by Crippen LogP contribution is -2.30. The van der Waals surface area contributed by atoms with Crippen LogP contribution in [0.2, 0.25) is 0 Å². The van der Waals surface area contributed by atoms with Crippen LogP contribution in [0.1, 0.15) is 69.3 Å². The van der Waals surface area contributed by atoms with Gasteiger partial charge in [0, 0.05) is 33.4 Å². The molecule has 5 rings (SSSR count). The number of hydrogen-bond donors (Lipinski definition) is 3. The Morgan fingerprint density at radius 3 is 2.53 bits per heavy atom. The maximum absolute atomic E-state index is 13.5. The van der Waals surface area contributed by atoms with Crippen molar-refractivity contribution in [3.8, 4) is 0 Å². The maximum atomic E-state index is 13.5. The highest BCUT2D eigenvalue weighted by Crippen LogP contribution is 2.39. The number of thiophene rings is 1. The lowest BCUT2D eigenvalue weighted by molar-refractivity contribution is -0.116. The topological polar surface area (TPSA) is 126 Å². The van der Waals surface area contributed by atoms with Crippen LogP contribution in [0, 0.1) is 0 Å². The van der Waals surface area contributed by atoms with E-state index >= 15 is 0 Å². The first-order valence-electron chi connectivity index (χ1n) is 15.5. The Kier molecular flexibility index (Phi) is 11.6. The summed E-state index contributed by atoms with van der Waals surface area (Å²) in [6.45, 7) is 1.93. The molecule has 2 heterocycles. The molecule has 1 unspecified atom stereocenters. The van der Waals surface area contributed by atoms with Crippen LogP contribution in [0.15, 0.2) is 89.7 Å². The third-order valence-corrected chi connectivity index (χ3v) is 10.2. The number of esters is 1. The van der Waals surface area contributed by atoms with E-state index in [1.165, 1.54) is 30.2 Å². The Morgan fingerprint density at radius 2 is 1.79 bits per heavy atom. The van der Waals surface area contributed by atoms with Crippen LogP contribution in [0.4, 0.5) is 10.7 Å². The lowest BCUT2D eigenvalue weighted by Gasteiger charge is -2.16. The van der Waals surface area contributed by atoms with Gasteiger partial charge in [-0.1, -0.05) is 43.7 Å². The predicted molar refractivity (Wildman–Crippen MR) is 187 cm³/mol. The number of aromatic nitrogens is 1. The van der Waals surface area contributed by atoms with Gasteiger partial charge in [-0.25, -0.2) is 4.79 Å². The number of pyridine rings is 1. The number of carbonyl (C=O) groups excluding carboxylic acids is 4. The number of fused-ring (bicyclic) bond motifs is 1. The predicted octanol–water partition coefficient (Wildman–Crippen LogP) is 7.12. The summed E-state index contributed by atoms with van der Waals surface area (Å²) in [5.74, 6) is -1.58. The van der Waals surface area contributed by atoms with Gasteiger partial charge in [0.05, 0.1) is 17.9 Å². The molecule has 3 amide bonds. The summed E-state index contributed by atoms with van der Waals surface area (Å²) in [5.41, 5.74) is 3.07. The molecule has 1 aliphatic rings. The molecule has 1 aliphatic carbocycles. The zero-order valence-corrected chi connectivity index (χ0v) is 27.8. The second-order valence-electron chi connectivity index (χ2n) is 10.9. The first-order chi connectivity index (χ1) is 22.9. The van der Waals surface area contributed by atoms with Gasteiger partial charge in [0.2, 0.25) is 5.91 Å². The molecule has 0 fully saturated rings. The molecule has 0 bridgehead atoms. The van der Waals surface area contributed by atoms with Gasteiger partial charge in [0.15, 0.2) is 0 Å². The van der Waals surface area contributed by atoms with Gasteiger partial charge in [-0.15, -0.1) is 23.1 Å². The van der Waals surface area contributed by atoms with E-state index in [0.717, 1.165) is 47.4 Å². The molecule has 0 radical (unpaired) electrons. The molecule has 0 spiro atoms. The van der Waals surface area contributed by atoms with Crippen molar-refractivity contribution in [2.45, 2.75) is 55.6 Å². The standard InChI is InChI=1S/C36H36N4O5S2/c1-3-29(34(43)40-35-31(36(44)45-2)27-17-8-5-9-18-30(27)47-35)46-26-16-10-15-25(21-26)38-33(42)28(20-23-12-11-19-37-22-23)39-32(41)24-13-6-4-7-14-24/h4,6-7,10-16,19-22,29H,3,5,8-9,17-18H2,1-2H3,(H,38,42)(H,39,41)(H,40,43)/b28-20-. The van der Waals surface area contributed by atoms with Crippen LogP contribution in [0.3, 0.4) is 0 Å². The number of hydrogen-bond acceptors (Lipinski definition) is 8. The quantitative estimate of drug-likeness (QED) is 0.0673. The second-order valence-corrected chi connectivity index (χ2v) is 13.3. The fourth-order valence-corrected chi connectivity index (χ4v) is 7.54. The number of amides is 3. The molecule has 4 aromatic rings. The van der Waals surface area contributed by atoms with Gasteiger partial charge in [-0.2, -0.15) is 0 Å². The van der Waals surface area contributed by atoms with E-state index in [1.54, 1.807) is 73.1 Å². The molecule has 9 nitrogen and oxygen atoms in total. The summed E-state index contributed by atoms with van der Waals surface area (Å²) in [6.07, 6.45) is 10.2. The SMILES string of the molecule is CCC(Sc1cccc(NC(=O)/C(=C/c2cccnc2)NC(=O)c2ccccc2)c1)C(=O)Nc1sc2c(c1C(=O)OC)CCCCC2. The van der Waals surface area contributed by atoms with E-state index in [0.29, 0.717) is 33.8 Å². The van der Waals surface area contributed by atoms with Crippen molar-refractivity contribution < 1.29 is 23.9 Å². The molecule has 2 aromatic carbocycles. The van der Waals surface area contributed by atoms with E-state index in [-0.39, 0.29) is 11.6 Å². The summed E-state index contributed by atoms with van der Waals surface area (Å²) < 4.78 is 5.09. The number of nitrogens with one attached hydrogen (secondary N) is 3. The number of nitrogens with zero attached hydrogens (tertiary/aromatic N) is 1. The van der Waals surface area contributed by atoms with E-state index in [1.807, 2.05) is 19.1 Å². The van der Waals surface area contributed by atoms with Crippen LogP contribution < -0.4 is 16.0 Å². The van der Waals surface area contributed by atoms with Gasteiger partial charge < -0.3 is 20.7 Å². The molecule has 0 saturated heterocycles. The van der Waals surface area contributed by atoms with E-state index in [4.69, 9.17) is 4.74 Å². The number of aryl methyl sites for hydroxylation is 1.